The number of nitrogens with zero attached hydrogens (tertiary/aromatic N) is 1. The minimum atomic E-state index is -0.167. The molecule has 100 valence electrons. The van der Waals surface area contributed by atoms with Gasteiger partial charge in [-0.05, 0) is 41.8 Å². The van der Waals surface area contributed by atoms with Crippen molar-refractivity contribution in [2.24, 2.45) is 0 Å². The van der Waals surface area contributed by atoms with Crippen LogP contribution >= 0.6 is 15.9 Å². The number of anilines is 2. The molecule has 0 aliphatic rings. The van der Waals surface area contributed by atoms with Gasteiger partial charge in [-0.15, -0.1) is 0 Å². The molecule has 18 heavy (non-hydrogen) atoms. The Balaban J connectivity index is 2.40. The van der Waals surface area contributed by atoms with Crippen molar-refractivity contribution in [2.75, 3.05) is 24.2 Å². The van der Waals surface area contributed by atoms with Gasteiger partial charge in [0.2, 0.25) is 0 Å². The third-order valence-electron chi connectivity index (χ3n) is 2.46. The molecular formula is C12H18BrN3O2. The molecule has 0 bridgehead atoms. The van der Waals surface area contributed by atoms with E-state index in [1.54, 1.807) is 13.1 Å². The maximum atomic E-state index is 11.1. The van der Waals surface area contributed by atoms with E-state index in [1.165, 1.54) is 0 Å². The number of nitrogens with two attached hydrogens (primary N) is 1. The van der Waals surface area contributed by atoms with Crippen LogP contribution in [-0.2, 0) is 9.53 Å². The fourth-order valence-corrected chi connectivity index (χ4v) is 1.86. The highest BCUT2D eigenvalue weighted by Crippen LogP contribution is 2.27. The summed E-state index contributed by atoms with van der Waals surface area (Å²) in [4.78, 5) is 15.3. The molecule has 1 aromatic heterocycles. The number of pyridine rings is 1. The molecule has 3 N–H and O–H groups in total. The van der Waals surface area contributed by atoms with E-state index in [0.29, 0.717) is 31.7 Å². The van der Waals surface area contributed by atoms with Gasteiger partial charge in [0.1, 0.15) is 5.82 Å². The van der Waals surface area contributed by atoms with Gasteiger partial charge in [-0.3, -0.25) is 4.79 Å². The molecule has 6 heteroatoms. The first-order chi connectivity index (χ1) is 8.56. The van der Waals surface area contributed by atoms with Gasteiger partial charge in [0.15, 0.2) is 0 Å². The number of esters is 1. The highest BCUT2D eigenvalue weighted by molar-refractivity contribution is 9.10. The molecule has 0 saturated carbocycles. The first-order valence-electron chi connectivity index (χ1n) is 5.86. The summed E-state index contributed by atoms with van der Waals surface area (Å²) in [6.45, 7) is 4.81. The van der Waals surface area contributed by atoms with Crippen LogP contribution in [0.5, 0.6) is 0 Å². The number of aromatic nitrogens is 1. The second-order valence-corrected chi connectivity index (χ2v) is 4.63. The van der Waals surface area contributed by atoms with Crippen LogP contribution < -0.4 is 11.1 Å². The van der Waals surface area contributed by atoms with E-state index in [4.69, 9.17) is 10.5 Å². The molecule has 0 atom stereocenters. The maximum Gasteiger partial charge on any atom is 0.305 e. The van der Waals surface area contributed by atoms with Gasteiger partial charge in [-0.2, -0.15) is 0 Å². The van der Waals surface area contributed by atoms with Gasteiger partial charge in [0.05, 0.1) is 23.0 Å². The lowest BCUT2D eigenvalue weighted by Gasteiger charge is -2.10. The number of nitrogens with one attached hydrogen (secondary N) is 1. The predicted octanol–water partition coefficient (Wildman–Crippen LogP) is 2.49. The van der Waals surface area contributed by atoms with Gasteiger partial charge in [-0.25, -0.2) is 4.98 Å². The summed E-state index contributed by atoms with van der Waals surface area (Å²) in [6, 6.07) is 0. The van der Waals surface area contributed by atoms with Gasteiger partial charge in [-0.1, -0.05) is 0 Å². The summed E-state index contributed by atoms with van der Waals surface area (Å²) >= 11 is 3.44. The van der Waals surface area contributed by atoms with Gasteiger partial charge >= 0.3 is 5.97 Å². The Hall–Kier alpha value is -1.30. The maximum absolute atomic E-state index is 11.1. The zero-order chi connectivity index (χ0) is 13.5. The fourth-order valence-electron chi connectivity index (χ4n) is 1.39. The van der Waals surface area contributed by atoms with E-state index in [2.05, 4.69) is 26.2 Å². The van der Waals surface area contributed by atoms with Crippen LogP contribution in [-0.4, -0.2) is 24.1 Å². The molecular weight excluding hydrogens is 298 g/mol. The van der Waals surface area contributed by atoms with Crippen molar-refractivity contribution in [2.45, 2.75) is 26.7 Å². The molecule has 0 amide bonds. The van der Waals surface area contributed by atoms with Crippen LogP contribution in [0.3, 0.4) is 0 Å². The molecule has 0 aliphatic heterocycles. The molecule has 0 aromatic carbocycles. The fraction of sp³-hybridized carbons (Fsp3) is 0.500. The van der Waals surface area contributed by atoms with Crippen molar-refractivity contribution < 1.29 is 9.53 Å². The summed E-state index contributed by atoms with van der Waals surface area (Å²) in [5, 5.41) is 3.16. The van der Waals surface area contributed by atoms with E-state index in [1.807, 2.05) is 6.92 Å². The standard InChI is InChI=1S/C12H18BrN3O2/c1-3-18-10(17)5-4-6-15-12-11(13)8(2)9(14)7-16-12/h7H,3-6,14H2,1-2H3,(H,15,16). The zero-order valence-electron chi connectivity index (χ0n) is 10.6. The minimum absolute atomic E-state index is 0.167. The van der Waals surface area contributed by atoms with Crippen LogP contribution in [0.2, 0.25) is 0 Å². The predicted molar refractivity (Wildman–Crippen MR) is 75.4 cm³/mol. The minimum Gasteiger partial charge on any atom is -0.466 e. The Labute approximate surface area is 115 Å². The molecule has 5 nitrogen and oxygen atoms in total. The first-order valence-corrected chi connectivity index (χ1v) is 6.65. The lowest BCUT2D eigenvalue weighted by Crippen LogP contribution is -2.09. The van der Waals surface area contributed by atoms with Crippen LogP contribution in [0.25, 0.3) is 0 Å². The number of carbonyl (C=O) groups is 1. The summed E-state index contributed by atoms with van der Waals surface area (Å²) < 4.78 is 5.70. The van der Waals surface area contributed by atoms with Crippen molar-refractivity contribution in [3.8, 4) is 0 Å². The second-order valence-electron chi connectivity index (χ2n) is 3.84. The number of carbonyl (C=O) groups excluding carboxylic acids is 1. The summed E-state index contributed by atoms with van der Waals surface area (Å²) in [7, 11) is 0. The highest BCUT2D eigenvalue weighted by Gasteiger charge is 2.07. The van der Waals surface area contributed by atoms with Crippen LogP contribution in [0.4, 0.5) is 11.5 Å². The lowest BCUT2D eigenvalue weighted by molar-refractivity contribution is -0.143. The molecule has 0 radical (unpaired) electrons. The Kier molecular flexibility index (Phi) is 5.91. The summed E-state index contributed by atoms with van der Waals surface area (Å²) in [5.41, 5.74) is 7.34. The normalized spacial score (nSPS) is 10.2. The van der Waals surface area contributed by atoms with Crippen molar-refractivity contribution in [3.63, 3.8) is 0 Å². The van der Waals surface area contributed by atoms with E-state index in [0.717, 1.165) is 15.9 Å². The average Bonchev–Trinajstić information content (AvgIpc) is 2.34. The van der Waals surface area contributed by atoms with Crippen LogP contribution in [0.1, 0.15) is 25.3 Å². The quantitative estimate of drug-likeness (QED) is 0.623. The van der Waals surface area contributed by atoms with Crippen LogP contribution in [0.15, 0.2) is 10.7 Å². The van der Waals surface area contributed by atoms with Gasteiger partial charge < -0.3 is 15.8 Å². The van der Waals surface area contributed by atoms with E-state index >= 15 is 0 Å². The second kappa shape index (κ2) is 7.20. The Morgan fingerprint density at radius 2 is 2.33 bits per heavy atom. The number of ether oxygens (including phenoxy) is 1. The van der Waals surface area contributed by atoms with Crippen molar-refractivity contribution >= 4 is 33.4 Å². The smallest absolute Gasteiger partial charge is 0.305 e. The molecule has 0 aliphatic carbocycles. The van der Waals surface area contributed by atoms with Gasteiger partial charge in [0.25, 0.3) is 0 Å². The molecule has 0 unspecified atom stereocenters. The number of nitrogen functional groups attached to an aromatic ring is 1. The Morgan fingerprint density at radius 3 is 3.00 bits per heavy atom. The number of halogens is 1. The molecule has 1 rings (SSSR count). The van der Waals surface area contributed by atoms with Crippen molar-refractivity contribution in [3.05, 3.63) is 16.2 Å². The third kappa shape index (κ3) is 4.18. The average molecular weight is 316 g/mol. The largest absolute Gasteiger partial charge is 0.466 e. The lowest BCUT2D eigenvalue weighted by atomic mass is 10.2. The van der Waals surface area contributed by atoms with Crippen LogP contribution in [0, 0.1) is 6.92 Å². The van der Waals surface area contributed by atoms with E-state index in [9.17, 15) is 4.79 Å². The topological polar surface area (TPSA) is 77.2 Å². The Morgan fingerprint density at radius 1 is 1.61 bits per heavy atom. The molecule has 0 fully saturated rings. The summed E-state index contributed by atoms with van der Waals surface area (Å²) in [5.74, 6) is 0.574. The Bertz CT molecular complexity index is 424. The molecule has 1 aromatic rings. The zero-order valence-corrected chi connectivity index (χ0v) is 12.2. The van der Waals surface area contributed by atoms with Crippen molar-refractivity contribution in [1.82, 2.24) is 4.98 Å². The van der Waals surface area contributed by atoms with E-state index < -0.39 is 0 Å². The molecule has 1 heterocycles. The number of hydrogen-bond donors (Lipinski definition) is 2. The monoisotopic (exact) mass is 315 g/mol. The SMILES string of the molecule is CCOC(=O)CCCNc1ncc(N)c(C)c1Br. The van der Waals surface area contributed by atoms with Gasteiger partial charge in [0, 0.05) is 13.0 Å². The van der Waals surface area contributed by atoms with E-state index in [-0.39, 0.29) is 5.97 Å². The van der Waals surface area contributed by atoms with Crippen molar-refractivity contribution in [1.29, 1.82) is 0 Å². The molecule has 0 spiro atoms. The number of hydrogen-bond acceptors (Lipinski definition) is 5. The highest BCUT2D eigenvalue weighted by atomic mass is 79.9. The third-order valence-corrected chi connectivity index (χ3v) is 3.43. The molecule has 0 saturated heterocycles. The summed E-state index contributed by atoms with van der Waals surface area (Å²) in [6.07, 6.45) is 2.73. The first kappa shape index (κ1) is 14.8. The number of rotatable bonds is 6.